The molecule has 4 rings (SSSR count). The number of carbonyl (C=O) groups is 1. The van der Waals surface area contributed by atoms with Gasteiger partial charge in [-0.3, -0.25) is 14.2 Å². The molecule has 0 radical (unpaired) electrons. The van der Waals surface area contributed by atoms with Crippen molar-refractivity contribution in [2.45, 2.75) is 50.6 Å². The van der Waals surface area contributed by atoms with Crippen molar-refractivity contribution in [2.75, 3.05) is 0 Å². The molecule has 0 aliphatic carbocycles. The van der Waals surface area contributed by atoms with Gasteiger partial charge in [0.05, 0.1) is 23.4 Å². The largest absolute Gasteiger partial charge is 0.467 e. The van der Waals surface area contributed by atoms with Crippen molar-refractivity contribution in [3.05, 3.63) is 56.6 Å². The van der Waals surface area contributed by atoms with Crippen molar-refractivity contribution < 1.29 is 9.21 Å². The van der Waals surface area contributed by atoms with E-state index in [1.54, 1.807) is 6.26 Å². The van der Waals surface area contributed by atoms with Crippen LogP contribution in [0.1, 0.15) is 46.4 Å². The van der Waals surface area contributed by atoms with Crippen molar-refractivity contribution in [2.24, 2.45) is 5.73 Å². The van der Waals surface area contributed by atoms with Crippen LogP contribution in [0.3, 0.4) is 0 Å². The number of nitrogens with two attached hydrogens (primary N) is 1. The summed E-state index contributed by atoms with van der Waals surface area (Å²) in [5.74, 6) is 1.57. The van der Waals surface area contributed by atoms with E-state index in [1.165, 1.54) is 23.1 Å². The molecule has 31 heavy (non-hydrogen) atoms. The number of primary amides is 1. The van der Waals surface area contributed by atoms with E-state index in [1.807, 2.05) is 37.5 Å². The van der Waals surface area contributed by atoms with E-state index in [2.05, 4.69) is 15.2 Å². The number of aromatic nitrogens is 5. The number of rotatable bonds is 8. The summed E-state index contributed by atoms with van der Waals surface area (Å²) >= 11 is 2.95. The van der Waals surface area contributed by atoms with Crippen LogP contribution in [-0.2, 0) is 17.8 Å². The first-order valence-corrected chi connectivity index (χ1v) is 11.4. The predicted molar refractivity (Wildman–Crippen MR) is 119 cm³/mol. The van der Waals surface area contributed by atoms with Gasteiger partial charge in [-0.15, -0.1) is 21.5 Å². The number of hydrogen-bond acceptors (Lipinski definition) is 8. The highest BCUT2D eigenvalue weighted by molar-refractivity contribution is 7.99. The molecule has 4 heterocycles. The molecule has 0 unspecified atom stereocenters. The minimum atomic E-state index is -0.397. The first-order valence-electron chi connectivity index (χ1n) is 9.72. The molecular formula is C20H22N6O3S2. The quantitative estimate of drug-likeness (QED) is 0.388. The summed E-state index contributed by atoms with van der Waals surface area (Å²) in [7, 11) is 0. The zero-order valence-electron chi connectivity index (χ0n) is 17.3. The number of nitrogens with one attached hydrogen (secondary N) is 1. The van der Waals surface area contributed by atoms with Crippen LogP contribution in [0, 0.1) is 13.8 Å². The van der Waals surface area contributed by atoms with Crippen LogP contribution in [0.5, 0.6) is 0 Å². The first kappa shape index (κ1) is 21.3. The molecule has 3 N–H and O–H groups in total. The van der Waals surface area contributed by atoms with Crippen LogP contribution < -0.4 is 11.3 Å². The van der Waals surface area contributed by atoms with Gasteiger partial charge in [0.2, 0.25) is 5.91 Å². The number of carbonyl (C=O) groups excluding carboxylic acids is 1. The fourth-order valence-corrected chi connectivity index (χ4v) is 5.18. The minimum Gasteiger partial charge on any atom is -0.467 e. The number of hydrogen-bond donors (Lipinski definition) is 2. The molecule has 0 bridgehead atoms. The number of furan rings is 1. The van der Waals surface area contributed by atoms with E-state index in [-0.39, 0.29) is 17.2 Å². The zero-order valence-corrected chi connectivity index (χ0v) is 19.0. The Labute approximate surface area is 186 Å². The summed E-state index contributed by atoms with van der Waals surface area (Å²) in [6, 6.07) is 3.68. The lowest BCUT2D eigenvalue weighted by Crippen LogP contribution is -2.14. The molecule has 9 nitrogen and oxygen atoms in total. The Morgan fingerprint density at radius 2 is 2.19 bits per heavy atom. The third-order valence-electron chi connectivity index (χ3n) is 5.01. The van der Waals surface area contributed by atoms with Gasteiger partial charge in [-0.2, -0.15) is 0 Å². The molecule has 0 aliphatic rings. The molecule has 4 aromatic rings. The number of amides is 1. The summed E-state index contributed by atoms with van der Waals surface area (Å²) in [6.45, 7) is 6.31. The summed E-state index contributed by atoms with van der Waals surface area (Å²) in [5, 5.41) is 9.68. The van der Waals surface area contributed by atoms with Crippen molar-refractivity contribution >= 4 is 39.2 Å². The lowest BCUT2D eigenvalue weighted by Gasteiger charge is -2.12. The van der Waals surface area contributed by atoms with Crippen molar-refractivity contribution in [3.8, 4) is 0 Å². The van der Waals surface area contributed by atoms with Crippen LogP contribution in [-0.4, -0.2) is 30.6 Å². The van der Waals surface area contributed by atoms with Crippen molar-refractivity contribution in [1.29, 1.82) is 0 Å². The maximum absolute atomic E-state index is 12.6. The Morgan fingerprint density at radius 3 is 2.90 bits per heavy atom. The van der Waals surface area contributed by atoms with E-state index in [4.69, 9.17) is 15.1 Å². The lowest BCUT2D eigenvalue weighted by atomic mass is 10.2. The number of thioether (sulfide) groups is 1. The number of nitrogens with zero attached hydrogens (tertiary/aromatic N) is 4. The second kappa shape index (κ2) is 8.67. The molecule has 0 saturated carbocycles. The van der Waals surface area contributed by atoms with Gasteiger partial charge in [-0.1, -0.05) is 11.8 Å². The number of H-pyrrole nitrogens is 1. The third-order valence-corrected chi connectivity index (χ3v) is 7.20. The molecule has 0 aromatic carbocycles. The van der Waals surface area contributed by atoms with Gasteiger partial charge in [0.25, 0.3) is 5.56 Å². The van der Waals surface area contributed by atoms with Crippen LogP contribution >= 0.6 is 23.1 Å². The molecule has 0 saturated heterocycles. The summed E-state index contributed by atoms with van der Waals surface area (Å²) in [5.41, 5.74) is 6.14. The zero-order chi connectivity index (χ0) is 22.1. The normalized spacial score (nSPS) is 12.5. The minimum absolute atomic E-state index is 0.131. The third kappa shape index (κ3) is 4.42. The number of thiophene rings is 1. The Hall–Kier alpha value is -2.92. The van der Waals surface area contributed by atoms with E-state index in [9.17, 15) is 9.59 Å². The molecular weight excluding hydrogens is 436 g/mol. The van der Waals surface area contributed by atoms with Crippen LogP contribution in [0.2, 0.25) is 0 Å². The van der Waals surface area contributed by atoms with Crippen molar-refractivity contribution in [1.82, 2.24) is 24.7 Å². The average Bonchev–Trinajstić information content (AvgIpc) is 3.42. The Bertz CT molecular complexity index is 1290. The maximum Gasteiger partial charge on any atom is 0.259 e. The van der Waals surface area contributed by atoms with Crippen LogP contribution in [0.4, 0.5) is 0 Å². The monoisotopic (exact) mass is 458 g/mol. The van der Waals surface area contributed by atoms with E-state index in [0.29, 0.717) is 35.2 Å². The summed E-state index contributed by atoms with van der Waals surface area (Å²) < 4.78 is 7.38. The highest BCUT2D eigenvalue weighted by atomic mass is 32.2. The molecule has 0 spiro atoms. The van der Waals surface area contributed by atoms with Gasteiger partial charge in [0.15, 0.2) is 5.16 Å². The van der Waals surface area contributed by atoms with Crippen LogP contribution in [0.15, 0.2) is 32.8 Å². The number of fused-ring (bicyclic) bond motifs is 1. The highest BCUT2D eigenvalue weighted by Gasteiger charge is 2.21. The molecule has 4 aromatic heterocycles. The van der Waals surface area contributed by atoms with E-state index < -0.39 is 5.91 Å². The Kier molecular flexibility index (Phi) is 5.96. The Balaban J connectivity index is 1.64. The summed E-state index contributed by atoms with van der Waals surface area (Å²) in [6.07, 6.45) is 2.17. The van der Waals surface area contributed by atoms with Gasteiger partial charge >= 0.3 is 0 Å². The molecule has 1 atom stereocenters. The topological polar surface area (TPSA) is 133 Å². The maximum atomic E-state index is 12.6. The summed E-state index contributed by atoms with van der Waals surface area (Å²) in [4.78, 5) is 33.3. The van der Waals surface area contributed by atoms with Gasteiger partial charge in [-0.05, 0) is 38.5 Å². The second-order valence-corrected chi connectivity index (χ2v) is 9.72. The predicted octanol–water partition coefficient (Wildman–Crippen LogP) is 3.11. The number of aryl methyl sites for hydroxylation is 3. The smallest absolute Gasteiger partial charge is 0.259 e. The fraction of sp³-hybridized carbons (Fsp3) is 0.350. The standard InChI is InChI=1S/C20H22N6O3S2/c1-10-11(2)30-19-16(10)18(28)22-17(23-19)12(3)31-20-25-24-15(7-6-14(21)27)26(20)9-13-5-4-8-29-13/h4-5,8,12H,6-7,9H2,1-3H3,(H2,21,27)(H,22,23,28)/t12-/m0/s1. The first-order chi connectivity index (χ1) is 14.8. The van der Waals surface area contributed by atoms with E-state index >= 15 is 0 Å². The SMILES string of the molecule is Cc1sc2nc([C@H](C)Sc3nnc(CCC(N)=O)n3Cc3ccco3)[nH]c(=O)c2c1C. The molecule has 1 amide bonds. The highest BCUT2D eigenvalue weighted by Crippen LogP contribution is 2.34. The molecule has 11 heteroatoms. The molecule has 162 valence electrons. The van der Waals surface area contributed by atoms with Crippen molar-refractivity contribution in [3.63, 3.8) is 0 Å². The van der Waals surface area contributed by atoms with Gasteiger partial charge < -0.3 is 15.1 Å². The van der Waals surface area contributed by atoms with Gasteiger partial charge in [0.1, 0.15) is 22.2 Å². The van der Waals surface area contributed by atoms with Gasteiger partial charge in [0, 0.05) is 17.7 Å². The molecule has 0 fully saturated rings. The second-order valence-electron chi connectivity index (χ2n) is 7.21. The lowest BCUT2D eigenvalue weighted by molar-refractivity contribution is -0.118. The van der Waals surface area contributed by atoms with Gasteiger partial charge in [-0.25, -0.2) is 4.98 Å². The molecule has 0 aliphatic heterocycles. The Morgan fingerprint density at radius 1 is 1.39 bits per heavy atom. The fourth-order valence-electron chi connectivity index (χ4n) is 3.22. The average molecular weight is 459 g/mol. The van der Waals surface area contributed by atoms with Crippen LogP contribution in [0.25, 0.3) is 10.2 Å². The number of aromatic amines is 1. The van der Waals surface area contributed by atoms with E-state index in [0.717, 1.165) is 21.0 Å².